The Hall–Kier alpha value is -1.55. The maximum atomic E-state index is 10.8. The molecule has 2 unspecified atom stereocenters. The summed E-state index contributed by atoms with van der Waals surface area (Å²) in [5.74, 6) is -0.320. The van der Waals surface area contributed by atoms with Gasteiger partial charge in [-0.1, -0.05) is 26.0 Å². The van der Waals surface area contributed by atoms with Crippen molar-refractivity contribution in [1.82, 2.24) is 0 Å². The fourth-order valence-corrected chi connectivity index (χ4v) is 2.27. The van der Waals surface area contributed by atoms with Crippen molar-refractivity contribution in [2.75, 3.05) is 5.32 Å². The van der Waals surface area contributed by atoms with E-state index in [1.165, 1.54) is 0 Å². The van der Waals surface area contributed by atoms with Crippen molar-refractivity contribution in [1.29, 1.82) is 0 Å². The van der Waals surface area contributed by atoms with Crippen molar-refractivity contribution in [2.45, 2.75) is 38.8 Å². The zero-order chi connectivity index (χ0) is 13.3. The summed E-state index contributed by atoms with van der Waals surface area (Å²) in [6.07, 6.45) is 0.813. The average Bonchev–Trinajstić information content (AvgIpc) is 2.30. The van der Waals surface area contributed by atoms with Crippen LogP contribution in [0.3, 0.4) is 0 Å². The fraction of sp³-hybridized carbons (Fsp3) is 0.500. The molecule has 0 aliphatic heterocycles. The predicted molar refractivity (Wildman–Crippen MR) is 71.2 cm³/mol. The highest BCUT2D eigenvalue weighted by Gasteiger charge is 2.47. The third kappa shape index (κ3) is 2.48. The standard InChI is InChI=1S/C14H20N2O2/c1-14(2)11(8-12(14)17)16-10-5-3-9(4-6-10)7-13(15)18/h3-6,11-12,16-17H,7-8H2,1-2H3,(H2,15,18). The van der Waals surface area contributed by atoms with Crippen LogP contribution < -0.4 is 11.1 Å². The van der Waals surface area contributed by atoms with Crippen LogP contribution in [-0.4, -0.2) is 23.2 Å². The van der Waals surface area contributed by atoms with Crippen LogP contribution in [0.15, 0.2) is 24.3 Å². The Morgan fingerprint density at radius 2 is 2.06 bits per heavy atom. The number of amides is 1. The van der Waals surface area contributed by atoms with Gasteiger partial charge in [-0.3, -0.25) is 4.79 Å². The van der Waals surface area contributed by atoms with E-state index in [0.717, 1.165) is 17.7 Å². The fourth-order valence-electron chi connectivity index (χ4n) is 2.27. The van der Waals surface area contributed by atoms with E-state index in [2.05, 4.69) is 19.2 Å². The first-order chi connectivity index (χ1) is 8.39. The molecule has 4 N–H and O–H groups in total. The minimum atomic E-state index is -0.320. The van der Waals surface area contributed by atoms with Crippen LogP contribution in [0.25, 0.3) is 0 Å². The van der Waals surface area contributed by atoms with E-state index in [1.807, 2.05) is 24.3 Å². The minimum absolute atomic E-state index is 0.0914. The lowest BCUT2D eigenvalue weighted by Gasteiger charge is -2.49. The van der Waals surface area contributed by atoms with Crippen LogP contribution >= 0.6 is 0 Å². The van der Waals surface area contributed by atoms with E-state index in [4.69, 9.17) is 5.73 Å². The summed E-state index contributed by atoms with van der Waals surface area (Å²) in [5.41, 5.74) is 6.98. The Bertz CT molecular complexity index is 440. The summed E-state index contributed by atoms with van der Waals surface area (Å²) in [6.45, 7) is 4.11. The molecule has 2 atom stereocenters. The molecule has 1 aromatic rings. The van der Waals surface area contributed by atoms with E-state index in [-0.39, 0.29) is 29.9 Å². The van der Waals surface area contributed by atoms with Crippen molar-refractivity contribution in [3.05, 3.63) is 29.8 Å². The first-order valence-corrected chi connectivity index (χ1v) is 6.21. The normalized spacial score (nSPS) is 25.3. The highest BCUT2D eigenvalue weighted by molar-refractivity contribution is 5.76. The maximum Gasteiger partial charge on any atom is 0.221 e. The molecule has 2 rings (SSSR count). The zero-order valence-electron chi connectivity index (χ0n) is 10.8. The van der Waals surface area contributed by atoms with E-state index in [1.54, 1.807) is 0 Å². The molecule has 0 radical (unpaired) electrons. The zero-order valence-corrected chi connectivity index (χ0v) is 10.8. The maximum absolute atomic E-state index is 10.8. The third-order valence-electron chi connectivity index (χ3n) is 3.89. The lowest BCUT2D eigenvalue weighted by atomic mass is 9.64. The van der Waals surface area contributed by atoms with Gasteiger partial charge in [0.05, 0.1) is 12.5 Å². The second-order valence-electron chi connectivity index (χ2n) is 5.61. The second kappa shape index (κ2) is 4.61. The average molecular weight is 248 g/mol. The molecule has 0 bridgehead atoms. The number of nitrogens with two attached hydrogens (primary N) is 1. The van der Waals surface area contributed by atoms with E-state index >= 15 is 0 Å². The molecule has 4 heteroatoms. The number of primary amides is 1. The summed E-state index contributed by atoms with van der Waals surface area (Å²) in [5, 5.41) is 13.1. The van der Waals surface area contributed by atoms with Crippen molar-refractivity contribution >= 4 is 11.6 Å². The summed E-state index contributed by atoms with van der Waals surface area (Å²) >= 11 is 0. The molecule has 0 aromatic heterocycles. The summed E-state index contributed by atoms with van der Waals surface area (Å²) < 4.78 is 0. The third-order valence-corrected chi connectivity index (χ3v) is 3.89. The number of benzene rings is 1. The van der Waals surface area contributed by atoms with Crippen LogP contribution in [0, 0.1) is 5.41 Å². The molecule has 18 heavy (non-hydrogen) atoms. The molecule has 1 aliphatic carbocycles. The van der Waals surface area contributed by atoms with Crippen LogP contribution in [0.4, 0.5) is 5.69 Å². The minimum Gasteiger partial charge on any atom is -0.392 e. The van der Waals surface area contributed by atoms with Gasteiger partial charge in [0.15, 0.2) is 0 Å². The highest BCUT2D eigenvalue weighted by Crippen LogP contribution is 2.42. The first kappa shape index (κ1) is 12.9. The number of hydrogen-bond donors (Lipinski definition) is 3. The lowest BCUT2D eigenvalue weighted by molar-refractivity contribution is -0.117. The van der Waals surface area contributed by atoms with Gasteiger partial charge in [0, 0.05) is 17.1 Å². The molecule has 1 aromatic carbocycles. The number of anilines is 1. The van der Waals surface area contributed by atoms with Crippen molar-refractivity contribution < 1.29 is 9.90 Å². The van der Waals surface area contributed by atoms with Crippen molar-refractivity contribution in [3.63, 3.8) is 0 Å². The molecule has 1 fully saturated rings. The smallest absolute Gasteiger partial charge is 0.221 e. The second-order valence-corrected chi connectivity index (χ2v) is 5.61. The molecule has 1 saturated carbocycles. The SMILES string of the molecule is CC1(C)C(O)CC1Nc1ccc(CC(N)=O)cc1. The van der Waals surface area contributed by atoms with Gasteiger partial charge < -0.3 is 16.2 Å². The van der Waals surface area contributed by atoms with Gasteiger partial charge in [0.25, 0.3) is 0 Å². The van der Waals surface area contributed by atoms with Gasteiger partial charge in [-0.2, -0.15) is 0 Å². The quantitative estimate of drug-likeness (QED) is 0.751. The number of nitrogens with one attached hydrogen (secondary N) is 1. The Kier molecular flexibility index (Phi) is 3.30. The van der Waals surface area contributed by atoms with Crippen LogP contribution in [0.1, 0.15) is 25.8 Å². The Morgan fingerprint density at radius 3 is 2.50 bits per heavy atom. The van der Waals surface area contributed by atoms with Gasteiger partial charge in [0.1, 0.15) is 0 Å². The van der Waals surface area contributed by atoms with Crippen molar-refractivity contribution in [2.24, 2.45) is 11.1 Å². The Balaban J connectivity index is 1.97. The number of aliphatic hydroxyl groups is 1. The number of carbonyl (C=O) groups is 1. The largest absolute Gasteiger partial charge is 0.392 e. The van der Waals surface area contributed by atoms with Crippen LogP contribution in [0.2, 0.25) is 0 Å². The van der Waals surface area contributed by atoms with Gasteiger partial charge in [-0.05, 0) is 24.1 Å². The molecule has 0 saturated heterocycles. The number of hydrogen-bond acceptors (Lipinski definition) is 3. The summed E-state index contributed by atoms with van der Waals surface area (Å²) in [7, 11) is 0. The van der Waals surface area contributed by atoms with Crippen LogP contribution in [0.5, 0.6) is 0 Å². The Labute approximate surface area is 107 Å². The van der Waals surface area contributed by atoms with E-state index < -0.39 is 0 Å². The van der Waals surface area contributed by atoms with E-state index in [0.29, 0.717) is 0 Å². The van der Waals surface area contributed by atoms with Crippen molar-refractivity contribution in [3.8, 4) is 0 Å². The molecule has 0 spiro atoms. The molecule has 1 amide bonds. The van der Waals surface area contributed by atoms with E-state index in [9.17, 15) is 9.90 Å². The molecule has 0 heterocycles. The van der Waals surface area contributed by atoms with Gasteiger partial charge in [0.2, 0.25) is 5.91 Å². The lowest BCUT2D eigenvalue weighted by Crippen LogP contribution is -2.56. The van der Waals surface area contributed by atoms with Gasteiger partial charge in [-0.15, -0.1) is 0 Å². The van der Waals surface area contributed by atoms with Gasteiger partial charge >= 0.3 is 0 Å². The molecule has 1 aliphatic rings. The summed E-state index contributed by atoms with van der Waals surface area (Å²) in [6, 6.07) is 7.97. The molecule has 4 nitrogen and oxygen atoms in total. The monoisotopic (exact) mass is 248 g/mol. The number of aliphatic hydroxyl groups excluding tert-OH is 1. The highest BCUT2D eigenvalue weighted by atomic mass is 16.3. The molecular weight excluding hydrogens is 228 g/mol. The molecule has 98 valence electrons. The topological polar surface area (TPSA) is 75.3 Å². The molecular formula is C14H20N2O2. The first-order valence-electron chi connectivity index (χ1n) is 6.21. The Morgan fingerprint density at radius 1 is 1.44 bits per heavy atom. The summed E-state index contributed by atoms with van der Waals surface area (Å²) in [4.78, 5) is 10.8. The van der Waals surface area contributed by atoms with Gasteiger partial charge in [-0.25, -0.2) is 0 Å². The number of carbonyl (C=O) groups excluding carboxylic acids is 1. The van der Waals surface area contributed by atoms with Crippen LogP contribution in [-0.2, 0) is 11.2 Å². The number of rotatable bonds is 4. The predicted octanol–water partition coefficient (Wildman–Crippen LogP) is 1.29.